The van der Waals surface area contributed by atoms with Crippen molar-refractivity contribution in [1.29, 1.82) is 0 Å². The summed E-state index contributed by atoms with van der Waals surface area (Å²) in [7, 11) is 0. The molecule has 0 aliphatic rings. The fourth-order valence-electron chi connectivity index (χ4n) is 1.46. The summed E-state index contributed by atoms with van der Waals surface area (Å²) in [6.45, 7) is 5.74. The molecule has 5 nitrogen and oxygen atoms in total. The molecule has 0 aliphatic heterocycles. The number of aryl methyl sites for hydroxylation is 1. The number of nitrogens with zero attached hydrogens (tertiary/aromatic N) is 3. The third-order valence-corrected chi connectivity index (χ3v) is 2.26. The Labute approximate surface area is 100 Å². The van der Waals surface area contributed by atoms with Gasteiger partial charge in [0.15, 0.2) is 5.75 Å². The topological polar surface area (TPSA) is 52.0 Å². The van der Waals surface area contributed by atoms with E-state index in [-0.39, 0.29) is 0 Å². The number of rotatable bonds is 5. The van der Waals surface area contributed by atoms with Crippen LogP contribution in [0.3, 0.4) is 0 Å². The molecule has 0 aliphatic carbocycles. The van der Waals surface area contributed by atoms with E-state index in [0.29, 0.717) is 0 Å². The Morgan fingerprint density at radius 1 is 1.35 bits per heavy atom. The summed E-state index contributed by atoms with van der Waals surface area (Å²) in [5, 5.41) is 7.29. The minimum absolute atomic E-state index is 0.737. The molecule has 0 fully saturated rings. The Balaban J connectivity index is 2.09. The van der Waals surface area contributed by atoms with E-state index in [1.165, 1.54) is 0 Å². The van der Waals surface area contributed by atoms with E-state index < -0.39 is 0 Å². The van der Waals surface area contributed by atoms with Crippen LogP contribution < -0.4 is 10.1 Å². The second-order valence-corrected chi connectivity index (χ2v) is 3.54. The number of pyridine rings is 1. The van der Waals surface area contributed by atoms with Crippen LogP contribution in [-0.4, -0.2) is 21.3 Å². The molecule has 17 heavy (non-hydrogen) atoms. The fourth-order valence-corrected chi connectivity index (χ4v) is 1.46. The van der Waals surface area contributed by atoms with Crippen LogP contribution in [-0.2, 0) is 6.54 Å². The van der Waals surface area contributed by atoms with Gasteiger partial charge >= 0.3 is 0 Å². The van der Waals surface area contributed by atoms with Crippen molar-refractivity contribution in [3.05, 3.63) is 30.7 Å². The quantitative estimate of drug-likeness (QED) is 0.860. The maximum absolute atomic E-state index is 5.68. The highest BCUT2D eigenvalue weighted by molar-refractivity contribution is 5.41. The molecule has 2 heterocycles. The van der Waals surface area contributed by atoms with Crippen LogP contribution in [0.25, 0.3) is 0 Å². The zero-order valence-electron chi connectivity index (χ0n) is 10.1. The molecule has 2 aromatic rings. The van der Waals surface area contributed by atoms with Crippen LogP contribution in [0.5, 0.6) is 11.5 Å². The molecule has 0 aromatic carbocycles. The highest BCUT2D eigenvalue weighted by Gasteiger charge is 2.01. The number of hydrogen-bond acceptors (Lipinski definition) is 4. The summed E-state index contributed by atoms with van der Waals surface area (Å²) in [6.07, 6.45) is 5.29. The predicted molar refractivity (Wildman–Crippen MR) is 66.4 cm³/mol. The van der Waals surface area contributed by atoms with Gasteiger partial charge in [0.05, 0.1) is 12.4 Å². The third-order valence-electron chi connectivity index (χ3n) is 2.26. The van der Waals surface area contributed by atoms with Crippen LogP contribution in [0.1, 0.15) is 13.8 Å². The van der Waals surface area contributed by atoms with Crippen LogP contribution in [0, 0.1) is 0 Å². The van der Waals surface area contributed by atoms with Gasteiger partial charge in [-0.25, -0.2) is 4.98 Å². The van der Waals surface area contributed by atoms with Gasteiger partial charge in [0.25, 0.3) is 0 Å². The Morgan fingerprint density at radius 2 is 2.24 bits per heavy atom. The number of nitrogens with one attached hydrogen (secondary N) is 1. The van der Waals surface area contributed by atoms with Gasteiger partial charge in [-0.3, -0.25) is 4.68 Å². The van der Waals surface area contributed by atoms with Crippen LogP contribution in [0.15, 0.2) is 30.7 Å². The van der Waals surface area contributed by atoms with Crippen molar-refractivity contribution in [1.82, 2.24) is 14.8 Å². The van der Waals surface area contributed by atoms with E-state index in [2.05, 4.69) is 15.4 Å². The minimum Gasteiger partial charge on any atom is -0.454 e. The Hall–Kier alpha value is -2.04. The molecule has 2 aromatic heterocycles. The molecule has 2 rings (SSSR count). The van der Waals surface area contributed by atoms with Gasteiger partial charge in [-0.05, 0) is 19.9 Å². The standard InChI is InChI=1S/C12H16N4O/c1-3-13-12-7-10(5-6-14-12)17-11-8-15-16(4-2)9-11/h5-9H,3-4H2,1-2H3,(H,13,14). The Morgan fingerprint density at radius 3 is 2.94 bits per heavy atom. The van der Waals surface area contributed by atoms with E-state index in [1.54, 1.807) is 12.4 Å². The lowest BCUT2D eigenvalue weighted by molar-refractivity contribution is 0.481. The molecule has 0 atom stereocenters. The second-order valence-electron chi connectivity index (χ2n) is 3.54. The first kappa shape index (κ1) is 11.4. The van der Waals surface area contributed by atoms with Crippen molar-refractivity contribution in [3.63, 3.8) is 0 Å². The predicted octanol–water partition coefficient (Wildman–Crippen LogP) is 2.52. The molecule has 90 valence electrons. The highest BCUT2D eigenvalue weighted by Crippen LogP contribution is 2.22. The highest BCUT2D eigenvalue weighted by atomic mass is 16.5. The van der Waals surface area contributed by atoms with Crippen LogP contribution in [0.2, 0.25) is 0 Å². The molecule has 0 saturated heterocycles. The zero-order valence-corrected chi connectivity index (χ0v) is 10.1. The van der Waals surface area contributed by atoms with Crippen molar-refractivity contribution in [2.75, 3.05) is 11.9 Å². The number of ether oxygens (including phenoxy) is 1. The molecule has 5 heteroatoms. The molecular formula is C12H16N4O. The van der Waals surface area contributed by atoms with Crippen molar-refractivity contribution >= 4 is 5.82 Å². The lowest BCUT2D eigenvalue weighted by atomic mass is 10.4. The molecule has 0 radical (unpaired) electrons. The molecule has 0 bridgehead atoms. The molecule has 0 spiro atoms. The lowest BCUT2D eigenvalue weighted by Gasteiger charge is -2.05. The first-order valence-corrected chi connectivity index (χ1v) is 5.72. The minimum atomic E-state index is 0.737. The average Bonchev–Trinajstić information content (AvgIpc) is 2.78. The molecule has 1 N–H and O–H groups in total. The van der Waals surface area contributed by atoms with E-state index in [9.17, 15) is 0 Å². The van der Waals surface area contributed by atoms with Gasteiger partial charge in [0.2, 0.25) is 0 Å². The largest absolute Gasteiger partial charge is 0.454 e. The van der Waals surface area contributed by atoms with Crippen LogP contribution in [0.4, 0.5) is 5.82 Å². The molecule has 0 amide bonds. The first-order chi connectivity index (χ1) is 8.31. The summed E-state index contributed by atoms with van der Waals surface area (Å²) in [6, 6.07) is 3.69. The number of anilines is 1. The lowest BCUT2D eigenvalue weighted by Crippen LogP contribution is -1.98. The van der Waals surface area contributed by atoms with Crippen molar-refractivity contribution in [2.24, 2.45) is 0 Å². The van der Waals surface area contributed by atoms with Crippen molar-refractivity contribution in [2.45, 2.75) is 20.4 Å². The van der Waals surface area contributed by atoms with E-state index in [4.69, 9.17) is 4.74 Å². The zero-order chi connectivity index (χ0) is 12.1. The summed E-state index contributed by atoms with van der Waals surface area (Å²) < 4.78 is 7.51. The smallest absolute Gasteiger partial charge is 0.165 e. The van der Waals surface area contributed by atoms with Gasteiger partial charge in [0, 0.05) is 25.4 Å². The van der Waals surface area contributed by atoms with E-state index >= 15 is 0 Å². The van der Waals surface area contributed by atoms with E-state index in [1.807, 2.05) is 36.9 Å². The Kier molecular flexibility index (Phi) is 3.59. The Bertz CT molecular complexity index is 481. The maximum atomic E-state index is 5.68. The van der Waals surface area contributed by atoms with E-state index in [0.717, 1.165) is 30.4 Å². The summed E-state index contributed by atoms with van der Waals surface area (Å²) in [5.41, 5.74) is 0. The third kappa shape index (κ3) is 2.96. The monoisotopic (exact) mass is 232 g/mol. The number of aromatic nitrogens is 3. The van der Waals surface area contributed by atoms with Crippen LogP contribution >= 0.6 is 0 Å². The van der Waals surface area contributed by atoms with Crippen molar-refractivity contribution < 1.29 is 4.74 Å². The summed E-state index contributed by atoms with van der Waals surface area (Å²) >= 11 is 0. The molecule has 0 saturated carbocycles. The fraction of sp³-hybridized carbons (Fsp3) is 0.333. The van der Waals surface area contributed by atoms with Gasteiger partial charge in [-0.2, -0.15) is 5.10 Å². The second kappa shape index (κ2) is 5.34. The van der Waals surface area contributed by atoms with Gasteiger partial charge in [-0.1, -0.05) is 0 Å². The maximum Gasteiger partial charge on any atom is 0.165 e. The average molecular weight is 232 g/mol. The SMILES string of the molecule is CCNc1cc(Oc2cnn(CC)c2)ccn1. The summed E-state index contributed by atoms with van der Waals surface area (Å²) in [5.74, 6) is 2.31. The van der Waals surface area contributed by atoms with Crippen molar-refractivity contribution in [3.8, 4) is 11.5 Å². The van der Waals surface area contributed by atoms with Gasteiger partial charge < -0.3 is 10.1 Å². The first-order valence-electron chi connectivity index (χ1n) is 5.72. The summed E-state index contributed by atoms with van der Waals surface area (Å²) in [4.78, 5) is 4.18. The molecule has 0 unspecified atom stereocenters. The van der Waals surface area contributed by atoms with Gasteiger partial charge in [-0.15, -0.1) is 0 Å². The normalized spacial score (nSPS) is 10.2. The number of hydrogen-bond donors (Lipinski definition) is 1. The molecular weight excluding hydrogens is 216 g/mol. The van der Waals surface area contributed by atoms with Gasteiger partial charge in [0.1, 0.15) is 11.6 Å².